The molecule has 0 bridgehead atoms. The van der Waals surface area contributed by atoms with E-state index < -0.39 is 0 Å². The van der Waals surface area contributed by atoms with E-state index >= 15 is 0 Å². The first-order valence-corrected chi connectivity index (χ1v) is 7.74. The molecule has 1 aromatic carbocycles. The molecule has 0 saturated heterocycles. The number of hydrogen-bond donors (Lipinski definition) is 1. The Balaban J connectivity index is 1.95. The average molecular weight is 259 g/mol. The number of nitrogens with one attached hydrogen (secondary N) is 1. The van der Waals surface area contributed by atoms with E-state index in [4.69, 9.17) is 0 Å². The Morgan fingerprint density at radius 2 is 1.79 bits per heavy atom. The van der Waals surface area contributed by atoms with Gasteiger partial charge in [0, 0.05) is 5.54 Å². The maximum Gasteiger partial charge on any atom is 0.00966 e. The van der Waals surface area contributed by atoms with Crippen LogP contribution in [-0.4, -0.2) is 12.1 Å². The number of benzene rings is 1. The van der Waals surface area contributed by atoms with Crippen molar-refractivity contribution in [2.24, 2.45) is 11.8 Å². The first-order chi connectivity index (χ1) is 8.94. The van der Waals surface area contributed by atoms with Crippen molar-refractivity contribution in [2.75, 3.05) is 6.54 Å². The Morgan fingerprint density at radius 3 is 2.26 bits per heavy atom. The predicted octanol–water partition coefficient (Wildman–Crippen LogP) is 4.34. The van der Waals surface area contributed by atoms with Crippen LogP contribution in [0.3, 0.4) is 0 Å². The van der Waals surface area contributed by atoms with Gasteiger partial charge < -0.3 is 5.32 Å². The van der Waals surface area contributed by atoms with Gasteiger partial charge in [-0.05, 0) is 58.1 Å². The van der Waals surface area contributed by atoms with Crippen molar-refractivity contribution >= 4 is 0 Å². The lowest BCUT2D eigenvalue weighted by Gasteiger charge is -2.36. The van der Waals surface area contributed by atoms with Crippen molar-refractivity contribution in [3.63, 3.8) is 0 Å². The Morgan fingerprint density at radius 1 is 1.16 bits per heavy atom. The molecule has 0 spiro atoms. The van der Waals surface area contributed by atoms with Crippen LogP contribution in [0.15, 0.2) is 24.3 Å². The highest BCUT2D eigenvalue weighted by Gasteiger charge is 2.28. The van der Waals surface area contributed by atoms with Crippen molar-refractivity contribution in [1.29, 1.82) is 0 Å². The fourth-order valence-corrected chi connectivity index (χ4v) is 2.78. The molecule has 0 radical (unpaired) electrons. The van der Waals surface area contributed by atoms with Gasteiger partial charge in [-0.15, -0.1) is 0 Å². The van der Waals surface area contributed by atoms with Crippen molar-refractivity contribution in [2.45, 2.75) is 58.9 Å². The van der Waals surface area contributed by atoms with Crippen molar-refractivity contribution in [1.82, 2.24) is 5.32 Å². The van der Waals surface area contributed by atoms with Gasteiger partial charge in [0.25, 0.3) is 0 Å². The Labute approximate surface area is 118 Å². The molecule has 106 valence electrons. The predicted molar refractivity (Wildman–Crippen MR) is 83.5 cm³/mol. The lowest BCUT2D eigenvalue weighted by molar-refractivity contribution is 0.189. The van der Waals surface area contributed by atoms with Gasteiger partial charge in [0.2, 0.25) is 0 Å². The maximum atomic E-state index is 3.70. The summed E-state index contributed by atoms with van der Waals surface area (Å²) in [5.74, 6) is 1.74. The summed E-state index contributed by atoms with van der Waals surface area (Å²) < 4.78 is 0. The molecule has 19 heavy (non-hydrogen) atoms. The highest BCUT2D eigenvalue weighted by molar-refractivity contribution is 5.22. The van der Waals surface area contributed by atoms with Crippen LogP contribution < -0.4 is 5.32 Å². The van der Waals surface area contributed by atoms with Gasteiger partial charge in [0.15, 0.2) is 0 Å². The molecule has 0 aromatic heterocycles. The lowest BCUT2D eigenvalue weighted by atomic mass is 9.73. The van der Waals surface area contributed by atoms with Gasteiger partial charge in [-0.1, -0.05) is 49.1 Å². The lowest BCUT2D eigenvalue weighted by Crippen LogP contribution is -2.42. The Kier molecular flexibility index (Phi) is 4.67. The first kappa shape index (κ1) is 14.6. The number of hydrogen-bond acceptors (Lipinski definition) is 1. The second-order valence-corrected chi connectivity index (χ2v) is 7.27. The van der Waals surface area contributed by atoms with E-state index in [0.717, 1.165) is 18.4 Å². The largest absolute Gasteiger partial charge is 0.312 e. The molecular weight excluding hydrogens is 230 g/mol. The summed E-state index contributed by atoms with van der Waals surface area (Å²) in [5, 5.41) is 3.70. The van der Waals surface area contributed by atoms with E-state index in [1.807, 2.05) is 0 Å². The second-order valence-electron chi connectivity index (χ2n) is 7.27. The minimum absolute atomic E-state index is 0.231. The molecule has 0 heterocycles. The van der Waals surface area contributed by atoms with Gasteiger partial charge in [-0.3, -0.25) is 0 Å². The minimum Gasteiger partial charge on any atom is -0.312 e. The van der Waals surface area contributed by atoms with E-state index in [0.29, 0.717) is 0 Å². The third kappa shape index (κ3) is 4.65. The molecule has 1 fully saturated rings. The number of rotatable bonds is 5. The molecule has 1 heteroatoms. The van der Waals surface area contributed by atoms with Crippen LogP contribution in [-0.2, 0) is 6.42 Å². The molecule has 1 saturated carbocycles. The molecule has 1 unspecified atom stereocenters. The van der Waals surface area contributed by atoms with Crippen molar-refractivity contribution in [3.05, 3.63) is 35.4 Å². The fraction of sp³-hybridized carbons (Fsp3) is 0.667. The molecule has 1 aromatic rings. The summed E-state index contributed by atoms with van der Waals surface area (Å²) >= 11 is 0. The summed E-state index contributed by atoms with van der Waals surface area (Å²) in [7, 11) is 0. The topological polar surface area (TPSA) is 12.0 Å². The summed E-state index contributed by atoms with van der Waals surface area (Å²) in [4.78, 5) is 0. The minimum atomic E-state index is 0.231. The van der Waals surface area contributed by atoms with Crippen molar-refractivity contribution < 1.29 is 0 Å². The van der Waals surface area contributed by atoms with Crippen LogP contribution >= 0.6 is 0 Å². The van der Waals surface area contributed by atoms with Gasteiger partial charge in [-0.2, -0.15) is 0 Å². The zero-order valence-corrected chi connectivity index (χ0v) is 13.0. The van der Waals surface area contributed by atoms with Crippen LogP contribution in [0, 0.1) is 18.8 Å². The molecule has 1 N–H and O–H groups in total. The standard InChI is InChI=1S/C18H29N/c1-14-8-10-15(11-9-14)12-17(16-6-5-7-16)13-19-18(2,3)4/h8-11,16-17,19H,5-7,12-13H2,1-4H3. The molecule has 1 aliphatic carbocycles. The molecule has 1 atom stereocenters. The van der Waals surface area contributed by atoms with E-state index in [1.165, 1.54) is 36.8 Å². The van der Waals surface area contributed by atoms with Crippen LogP contribution in [0.25, 0.3) is 0 Å². The SMILES string of the molecule is Cc1ccc(CC(CNC(C)(C)C)C2CCC2)cc1. The monoisotopic (exact) mass is 259 g/mol. The smallest absolute Gasteiger partial charge is 0.00966 e. The van der Waals surface area contributed by atoms with E-state index in [1.54, 1.807) is 0 Å². The molecule has 1 nitrogen and oxygen atoms in total. The fourth-order valence-electron chi connectivity index (χ4n) is 2.78. The Bertz CT molecular complexity index is 381. The molecule has 2 rings (SSSR count). The van der Waals surface area contributed by atoms with E-state index in [-0.39, 0.29) is 5.54 Å². The third-order valence-corrected chi connectivity index (χ3v) is 4.33. The normalized spacial score (nSPS) is 18.1. The average Bonchev–Trinajstić information content (AvgIpc) is 2.25. The summed E-state index contributed by atoms with van der Waals surface area (Å²) in [6.45, 7) is 10.1. The van der Waals surface area contributed by atoms with Gasteiger partial charge >= 0.3 is 0 Å². The zero-order chi connectivity index (χ0) is 13.9. The van der Waals surface area contributed by atoms with Gasteiger partial charge in [0.05, 0.1) is 0 Å². The summed E-state index contributed by atoms with van der Waals surface area (Å²) in [6, 6.07) is 9.09. The maximum absolute atomic E-state index is 3.70. The molecular formula is C18H29N. The molecule has 0 aliphatic heterocycles. The van der Waals surface area contributed by atoms with Crippen LogP contribution in [0.5, 0.6) is 0 Å². The van der Waals surface area contributed by atoms with Gasteiger partial charge in [0.1, 0.15) is 0 Å². The zero-order valence-electron chi connectivity index (χ0n) is 13.0. The quantitative estimate of drug-likeness (QED) is 0.829. The van der Waals surface area contributed by atoms with Crippen LogP contribution in [0.4, 0.5) is 0 Å². The third-order valence-electron chi connectivity index (χ3n) is 4.33. The number of aryl methyl sites for hydroxylation is 1. The highest BCUT2D eigenvalue weighted by atomic mass is 14.9. The van der Waals surface area contributed by atoms with Crippen LogP contribution in [0.1, 0.15) is 51.2 Å². The molecule has 1 aliphatic rings. The second kappa shape index (κ2) is 6.09. The van der Waals surface area contributed by atoms with E-state index in [9.17, 15) is 0 Å². The summed E-state index contributed by atoms with van der Waals surface area (Å²) in [6.07, 6.45) is 5.53. The molecule has 0 amide bonds. The van der Waals surface area contributed by atoms with E-state index in [2.05, 4.69) is 57.3 Å². The van der Waals surface area contributed by atoms with Gasteiger partial charge in [-0.25, -0.2) is 0 Å². The summed E-state index contributed by atoms with van der Waals surface area (Å²) in [5.41, 5.74) is 3.09. The Hall–Kier alpha value is -0.820. The van der Waals surface area contributed by atoms with Crippen LogP contribution in [0.2, 0.25) is 0 Å². The highest BCUT2D eigenvalue weighted by Crippen LogP contribution is 2.35. The first-order valence-electron chi connectivity index (χ1n) is 7.74. The van der Waals surface area contributed by atoms with Crippen molar-refractivity contribution in [3.8, 4) is 0 Å².